The molecule has 18 heavy (non-hydrogen) atoms. The Bertz CT molecular complexity index is 529. The van der Waals surface area contributed by atoms with Crippen LogP contribution in [0, 0.1) is 19.7 Å². The van der Waals surface area contributed by atoms with Crippen molar-refractivity contribution < 1.29 is 4.39 Å². The lowest BCUT2D eigenvalue weighted by molar-refractivity contribution is 0.593. The van der Waals surface area contributed by atoms with E-state index in [0.29, 0.717) is 10.0 Å². The molecule has 0 aliphatic rings. The van der Waals surface area contributed by atoms with Gasteiger partial charge >= 0.3 is 0 Å². The van der Waals surface area contributed by atoms with Gasteiger partial charge < -0.3 is 5.73 Å². The second-order valence-corrected chi connectivity index (χ2v) is 5.26. The molecule has 2 rings (SSSR count). The Kier molecular flexibility index (Phi) is 3.83. The average Bonchev–Trinajstić information content (AvgIpc) is 2.35. The smallest absolute Gasteiger partial charge is 0.142 e. The zero-order chi connectivity index (χ0) is 13.3. The van der Waals surface area contributed by atoms with Gasteiger partial charge in [-0.2, -0.15) is 0 Å². The third-order valence-electron chi connectivity index (χ3n) is 3.30. The lowest BCUT2D eigenvalue weighted by atomic mass is 9.93. The van der Waals surface area contributed by atoms with Crippen molar-refractivity contribution in [3.63, 3.8) is 0 Å². The molecule has 0 aliphatic carbocycles. The summed E-state index contributed by atoms with van der Waals surface area (Å²) in [6, 6.07) is 10.7. The predicted molar refractivity (Wildman–Crippen MR) is 76.0 cm³/mol. The van der Waals surface area contributed by atoms with E-state index in [1.807, 2.05) is 32.0 Å². The molecule has 2 aromatic rings. The first-order valence-electron chi connectivity index (χ1n) is 5.78. The second kappa shape index (κ2) is 5.21. The van der Waals surface area contributed by atoms with Crippen molar-refractivity contribution in [2.75, 3.05) is 0 Å². The van der Waals surface area contributed by atoms with Crippen LogP contribution in [0.5, 0.6) is 0 Å². The topological polar surface area (TPSA) is 26.0 Å². The molecule has 2 aromatic carbocycles. The largest absolute Gasteiger partial charge is 0.320 e. The van der Waals surface area contributed by atoms with Crippen LogP contribution < -0.4 is 5.73 Å². The van der Waals surface area contributed by atoms with Gasteiger partial charge in [-0.1, -0.05) is 30.3 Å². The number of rotatable bonds is 2. The molecule has 1 nitrogen and oxygen atoms in total. The third-order valence-corrected chi connectivity index (χ3v) is 3.91. The van der Waals surface area contributed by atoms with Gasteiger partial charge in [-0.25, -0.2) is 4.39 Å². The molecule has 94 valence electrons. The van der Waals surface area contributed by atoms with Crippen molar-refractivity contribution >= 4 is 15.9 Å². The van der Waals surface area contributed by atoms with E-state index in [9.17, 15) is 4.39 Å². The van der Waals surface area contributed by atoms with E-state index >= 15 is 0 Å². The summed E-state index contributed by atoms with van der Waals surface area (Å²) in [5, 5.41) is 0. The van der Waals surface area contributed by atoms with Crippen molar-refractivity contribution in [3.05, 3.63) is 68.9 Å². The number of hydrogen-bond acceptors (Lipinski definition) is 1. The van der Waals surface area contributed by atoms with Crippen molar-refractivity contribution in [2.45, 2.75) is 19.9 Å². The molecule has 1 atom stereocenters. The molecule has 0 spiro atoms. The lowest BCUT2D eigenvalue weighted by Crippen LogP contribution is -2.15. The van der Waals surface area contributed by atoms with Gasteiger partial charge in [0.05, 0.1) is 10.5 Å². The predicted octanol–water partition coefficient (Wildman–Crippen LogP) is 4.25. The second-order valence-electron chi connectivity index (χ2n) is 4.41. The van der Waals surface area contributed by atoms with Gasteiger partial charge in [-0.15, -0.1) is 0 Å². The molecule has 3 heteroatoms. The summed E-state index contributed by atoms with van der Waals surface area (Å²) < 4.78 is 14.5. The fourth-order valence-corrected chi connectivity index (χ4v) is 2.42. The Labute approximate surface area is 115 Å². The Balaban J connectivity index is 2.51. The Morgan fingerprint density at radius 3 is 2.39 bits per heavy atom. The van der Waals surface area contributed by atoms with E-state index in [4.69, 9.17) is 5.73 Å². The number of aryl methyl sites for hydroxylation is 1. The lowest BCUT2D eigenvalue weighted by Gasteiger charge is -2.17. The highest BCUT2D eigenvalue weighted by Gasteiger charge is 2.17. The first kappa shape index (κ1) is 13.2. The van der Waals surface area contributed by atoms with E-state index in [-0.39, 0.29) is 5.82 Å². The highest BCUT2D eigenvalue weighted by Crippen LogP contribution is 2.29. The summed E-state index contributed by atoms with van der Waals surface area (Å²) >= 11 is 3.19. The van der Waals surface area contributed by atoms with Crippen LogP contribution in [0.1, 0.15) is 28.3 Å². The maximum atomic E-state index is 14.0. The van der Waals surface area contributed by atoms with Gasteiger partial charge in [-0.3, -0.25) is 0 Å². The van der Waals surface area contributed by atoms with Gasteiger partial charge in [0.25, 0.3) is 0 Å². The van der Waals surface area contributed by atoms with Crippen LogP contribution in [-0.4, -0.2) is 0 Å². The van der Waals surface area contributed by atoms with Crippen molar-refractivity contribution in [3.8, 4) is 0 Å². The van der Waals surface area contributed by atoms with Gasteiger partial charge in [-0.05, 0) is 52.5 Å². The van der Waals surface area contributed by atoms with Crippen molar-refractivity contribution in [1.29, 1.82) is 0 Å². The first-order valence-corrected chi connectivity index (χ1v) is 6.57. The highest BCUT2D eigenvalue weighted by atomic mass is 79.9. The molecule has 0 radical (unpaired) electrons. The molecule has 1 unspecified atom stereocenters. The van der Waals surface area contributed by atoms with E-state index in [2.05, 4.69) is 15.9 Å². The summed E-state index contributed by atoms with van der Waals surface area (Å²) in [6.45, 7) is 4.04. The molecule has 0 aliphatic heterocycles. The summed E-state index contributed by atoms with van der Waals surface area (Å²) in [7, 11) is 0. The molecule has 0 aromatic heterocycles. The van der Waals surface area contributed by atoms with Gasteiger partial charge in [0.1, 0.15) is 5.82 Å². The van der Waals surface area contributed by atoms with Crippen LogP contribution in [0.25, 0.3) is 0 Å². The fraction of sp³-hybridized carbons (Fsp3) is 0.200. The molecule has 0 fully saturated rings. The summed E-state index contributed by atoms with van der Waals surface area (Å²) in [5.74, 6) is -0.286. The monoisotopic (exact) mass is 307 g/mol. The van der Waals surface area contributed by atoms with Crippen LogP contribution in [0.4, 0.5) is 4.39 Å². The normalized spacial score (nSPS) is 12.5. The van der Waals surface area contributed by atoms with Crippen molar-refractivity contribution in [1.82, 2.24) is 0 Å². The van der Waals surface area contributed by atoms with Crippen LogP contribution in [0.3, 0.4) is 0 Å². The number of hydrogen-bond donors (Lipinski definition) is 1. The van der Waals surface area contributed by atoms with Crippen LogP contribution in [-0.2, 0) is 0 Å². The molecule has 0 amide bonds. The quantitative estimate of drug-likeness (QED) is 0.881. The average molecular weight is 308 g/mol. The molecular formula is C15H15BrFN. The fourth-order valence-electron chi connectivity index (χ4n) is 2.04. The Hall–Kier alpha value is -1.19. The standard InChI is InChI=1S/C15H15BrFN/c1-9-5-3-6-11(10(9)2)15(18)12-7-4-8-13(16)14(12)17/h3-8,15H,18H2,1-2H3. The summed E-state index contributed by atoms with van der Waals surface area (Å²) in [4.78, 5) is 0. The van der Waals surface area contributed by atoms with Crippen molar-refractivity contribution in [2.24, 2.45) is 5.73 Å². The minimum absolute atomic E-state index is 0.286. The molecule has 2 N–H and O–H groups in total. The van der Waals surface area contributed by atoms with Crippen LogP contribution >= 0.6 is 15.9 Å². The van der Waals surface area contributed by atoms with E-state index in [1.165, 1.54) is 5.56 Å². The number of halogens is 2. The zero-order valence-electron chi connectivity index (χ0n) is 10.4. The maximum absolute atomic E-state index is 14.0. The molecular weight excluding hydrogens is 293 g/mol. The summed E-state index contributed by atoms with van der Waals surface area (Å²) in [5.41, 5.74) is 9.95. The van der Waals surface area contributed by atoms with Gasteiger partial charge in [0.2, 0.25) is 0 Å². The van der Waals surface area contributed by atoms with E-state index in [1.54, 1.807) is 18.2 Å². The maximum Gasteiger partial charge on any atom is 0.142 e. The first-order chi connectivity index (χ1) is 8.52. The minimum Gasteiger partial charge on any atom is -0.320 e. The molecule has 0 saturated heterocycles. The Morgan fingerprint density at radius 2 is 1.67 bits per heavy atom. The molecule has 0 heterocycles. The van der Waals surface area contributed by atoms with Gasteiger partial charge in [0, 0.05) is 5.56 Å². The van der Waals surface area contributed by atoms with Crippen LogP contribution in [0.15, 0.2) is 40.9 Å². The SMILES string of the molecule is Cc1cccc(C(N)c2cccc(Br)c2F)c1C. The molecule has 0 bridgehead atoms. The van der Waals surface area contributed by atoms with E-state index in [0.717, 1.165) is 11.1 Å². The Morgan fingerprint density at radius 1 is 1.06 bits per heavy atom. The molecule has 0 saturated carbocycles. The highest BCUT2D eigenvalue weighted by molar-refractivity contribution is 9.10. The number of nitrogens with two attached hydrogens (primary N) is 1. The third kappa shape index (κ3) is 2.33. The summed E-state index contributed by atoms with van der Waals surface area (Å²) in [6.07, 6.45) is 0. The van der Waals surface area contributed by atoms with Crippen LogP contribution in [0.2, 0.25) is 0 Å². The minimum atomic E-state index is -0.442. The number of benzene rings is 2. The zero-order valence-corrected chi connectivity index (χ0v) is 12.0. The van der Waals surface area contributed by atoms with E-state index < -0.39 is 6.04 Å². The van der Waals surface area contributed by atoms with Gasteiger partial charge in [0.15, 0.2) is 0 Å².